The minimum absolute atomic E-state index is 0.245. The van der Waals surface area contributed by atoms with E-state index in [1.807, 2.05) is 0 Å². The Morgan fingerprint density at radius 2 is 1.83 bits per heavy atom. The summed E-state index contributed by atoms with van der Waals surface area (Å²) in [5.74, 6) is 0.532. The molecule has 2 nitrogen and oxygen atoms in total. The van der Waals surface area contributed by atoms with Gasteiger partial charge in [0.15, 0.2) is 0 Å². The Hall–Kier alpha value is -0.860. The first-order valence-electron chi connectivity index (χ1n) is 6.89. The lowest BCUT2D eigenvalue weighted by Gasteiger charge is -2.27. The van der Waals surface area contributed by atoms with Gasteiger partial charge >= 0.3 is 0 Å². The van der Waals surface area contributed by atoms with Gasteiger partial charge in [0.05, 0.1) is 0 Å². The van der Waals surface area contributed by atoms with Crippen LogP contribution in [0, 0.1) is 19.8 Å². The molecule has 1 rings (SSSR count). The molecule has 0 saturated heterocycles. The Balaban J connectivity index is 2.79. The summed E-state index contributed by atoms with van der Waals surface area (Å²) in [5, 5.41) is 12.8. The maximum absolute atomic E-state index is 9.13. The molecular weight excluding hydrogens is 222 g/mol. The molecule has 102 valence electrons. The molecule has 0 aliphatic heterocycles. The molecule has 0 spiro atoms. The zero-order chi connectivity index (χ0) is 13.7. The number of hydrogen-bond acceptors (Lipinski definition) is 2. The second kappa shape index (κ2) is 6.91. The fourth-order valence-corrected chi connectivity index (χ4v) is 2.39. The zero-order valence-electron chi connectivity index (χ0n) is 12.3. The average molecular weight is 249 g/mol. The van der Waals surface area contributed by atoms with Crippen LogP contribution in [-0.4, -0.2) is 17.8 Å². The first kappa shape index (κ1) is 15.2. The minimum atomic E-state index is 0.245. The van der Waals surface area contributed by atoms with Crippen LogP contribution in [0.3, 0.4) is 0 Å². The van der Waals surface area contributed by atoms with E-state index < -0.39 is 0 Å². The van der Waals surface area contributed by atoms with Crippen molar-refractivity contribution in [2.45, 2.75) is 53.1 Å². The Bertz CT molecular complexity index is 373. The average Bonchev–Trinajstić information content (AvgIpc) is 2.31. The van der Waals surface area contributed by atoms with E-state index in [1.54, 1.807) is 0 Å². The maximum atomic E-state index is 9.13. The van der Waals surface area contributed by atoms with E-state index in [9.17, 15) is 0 Å². The summed E-state index contributed by atoms with van der Waals surface area (Å²) in [5.41, 5.74) is 3.98. The van der Waals surface area contributed by atoms with Gasteiger partial charge in [-0.3, -0.25) is 0 Å². The van der Waals surface area contributed by atoms with Crippen molar-refractivity contribution in [1.82, 2.24) is 5.32 Å². The number of rotatable bonds is 6. The molecule has 2 unspecified atom stereocenters. The second-order valence-corrected chi connectivity index (χ2v) is 5.61. The predicted molar refractivity (Wildman–Crippen MR) is 77.8 cm³/mol. The van der Waals surface area contributed by atoms with E-state index >= 15 is 0 Å². The first-order valence-corrected chi connectivity index (χ1v) is 6.89. The van der Waals surface area contributed by atoms with Crippen LogP contribution in [0.4, 0.5) is 0 Å². The molecule has 0 radical (unpaired) electrons. The van der Waals surface area contributed by atoms with Crippen molar-refractivity contribution in [3.05, 3.63) is 34.9 Å². The zero-order valence-corrected chi connectivity index (χ0v) is 12.3. The van der Waals surface area contributed by atoms with Crippen LogP contribution in [0.2, 0.25) is 0 Å². The fourth-order valence-electron chi connectivity index (χ4n) is 2.39. The highest BCUT2D eigenvalue weighted by Crippen LogP contribution is 2.21. The molecule has 0 bridgehead atoms. The van der Waals surface area contributed by atoms with Crippen molar-refractivity contribution < 1.29 is 5.11 Å². The van der Waals surface area contributed by atoms with Crippen molar-refractivity contribution >= 4 is 0 Å². The van der Waals surface area contributed by atoms with Crippen molar-refractivity contribution in [2.24, 2.45) is 5.92 Å². The third kappa shape index (κ3) is 4.11. The van der Waals surface area contributed by atoms with Crippen molar-refractivity contribution in [3.63, 3.8) is 0 Å². The summed E-state index contributed by atoms with van der Waals surface area (Å²) in [6, 6.07) is 7.27. The molecular formula is C16H27NO. The lowest BCUT2D eigenvalue weighted by molar-refractivity contribution is 0.237. The van der Waals surface area contributed by atoms with E-state index in [4.69, 9.17) is 5.11 Å². The van der Waals surface area contributed by atoms with Gasteiger partial charge in [-0.15, -0.1) is 0 Å². The second-order valence-electron chi connectivity index (χ2n) is 5.61. The van der Waals surface area contributed by atoms with Gasteiger partial charge in [-0.05, 0) is 44.2 Å². The topological polar surface area (TPSA) is 32.3 Å². The predicted octanol–water partition coefficient (Wildman–Crippen LogP) is 3.36. The van der Waals surface area contributed by atoms with E-state index in [0.717, 1.165) is 6.42 Å². The molecule has 0 fully saturated rings. The van der Waals surface area contributed by atoms with Crippen LogP contribution in [-0.2, 0) is 0 Å². The van der Waals surface area contributed by atoms with E-state index in [0.29, 0.717) is 18.0 Å². The minimum Gasteiger partial charge on any atom is -0.396 e. The normalized spacial score (nSPS) is 14.8. The maximum Gasteiger partial charge on any atom is 0.0445 e. The molecule has 0 aliphatic rings. The molecule has 0 aromatic heterocycles. The van der Waals surface area contributed by atoms with Gasteiger partial charge in [-0.1, -0.05) is 37.6 Å². The molecule has 2 atom stereocenters. The Kier molecular flexibility index (Phi) is 5.83. The number of aliphatic hydroxyl groups is 1. The molecule has 2 N–H and O–H groups in total. The third-order valence-corrected chi connectivity index (χ3v) is 3.61. The molecule has 18 heavy (non-hydrogen) atoms. The van der Waals surface area contributed by atoms with Gasteiger partial charge in [0.2, 0.25) is 0 Å². The van der Waals surface area contributed by atoms with E-state index in [-0.39, 0.29) is 6.61 Å². The van der Waals surface area contributed by atoms with Gasteiger partial charge in [0.1, 0.15) is 0 Å². The van der Waals surface area contributed by atoms with Crippen molar-refractivity contribution in [2.75, 3.05) is 6.61 Å². The van der Waals surface area contributed by atoms with Gasteiger partial charge in [-0.2, -0.15) is 0 Å². The number of benzene rings is 1. The number of hydrogen-bond donors (Lipinski definition) is 2. The highest BCUT2D eigenvalue weighted by molar-refractivity contribution is 5.32. The lowest BCUT2D eigenvalue weighted by atomic mass is 9.96. The van der Waals surface area contributed by atoms with Crippen LogP contribution >= 0.6 is 0 Å². The van der Waals surface area contributed by atoms with Crippen LogP contribution in [0.15, 0.2) is 18.2 Å². The third-order valence-electron chi connectivity index (χ3n) is 3.61. The van der Waals surface area contributed by atoms with Crippen LogP contribution in [0.25, 0.3) is 0 Å². The molecule has 1 aromatic rings. The number of aryl methyl sites for hydroxylation is 2. The van der Waals surface area contributed by atoms with Crippen LogP contribution in [0.5, 0.6) is 0 Å². The molecule has 0 heterocycles. The largest absolute Gasteiger partial charge is 0.396 e. The highest BCUT2D eigenvalue weighted by atomic mass is 16.3. The highest BCUT2D eigenvalue weighted by Gasteiger charge is 2.17. The number of aliphatic hydroxyl groups excluding tert-OH is 1. The first-order chi connectivity index (χ1) is 8.45. The summed E-state index contributed by atoms with van der Waals surface area (Å²) in [6.45, 7) is 11.1. The summed E-state index contributed by atoms with van der Waals surface area (Å²) >= 11 is 0. The fraction of sp³-hybridized carbons (Fsp3) is 0.625. The smallest absolute Gasteiger partial charge is 0.0445 e. The molecule has 0 amide bonds. The van der Waals surface area contributed by atoms with Crippen LogP contribution in [0.1, 0.15) is 49.9 Å². The quantitative estimate of drug-likeness (QED) is 0.810. The van der Waals surface area contributed by atoms with Gasteiger partial charge in [-0.25, -0.2) is 0 Å². The Morgan fingerprint density at radius 1 is 1.17 bits per heavy atom. The SMILES string of the molecule is Cc1ccc(C)c(C(C)NC(CCO)C(C)C)c1. The molecule has 1 aromatic carbocycles. The summed E-state index contributed by atoms with van der Waals surface area (Å²) in [6.07, 6.45) is 0.812. The Labute approximate surface area is 111 Å². The summed E-state index contributed by atoms with van der Waals surface area (Å²) < 4.78 is 0. The van der Waals surface area contributed by atoms with Gasteiger partial charge in [0.25, 0.3) is 0 Å². The van der Waals surface area contributed by atoms with Gasteiger partial charge < -0.3 is 10.4 Å². The Morgan fingerprint density at radius 3 is 2.39 bits per heavy atom. The van der Waals surface area contributed by atoms with Crippen molar-refractivity contribution in [1.29, 1.82) is 0 Å². The van der Waals surface area contributed by atoms with E-state index in [1.165, 1.54) is 16.7 Å². The standard InChI is InChI=1S/C16H27NO/c1-11(2)16(8-9-18)17-14(5)15-10-12(3)6-7-13(15)4/h6-7,10-11,14,16-18H,8-9H2,1-5H3. The molecule has 0 saturated carbocycles. The van der Waals surface area contributed by atoms with Crippen molar-refractivity contribution in [3.8, 4) is 0 Å². The van der Waals surface area contributed by atoms with Crippen LogP contribution < -0.4 is 5.32 Å². The number of nitrogens with one attached hydrogen (secondary N) is 1. The summed E-state index contributed by atoms with van der Waals surface area (Å²) in [4.78, 5) is 0. The lowest BCUT2D eigenvalue weighted by Crippen LogP contribution is -2.36. The van der Waals surface area contributed by atoms with E-state index in [2.05, 4.69) is 58.1 Å². The van der Waals surface area contributed by atoms with Gasteiger partial charge in [0, 0.05) is 18.7 Å². The monoisotopic (exact) mass is 249 g/mol. The summed E-state index contributed by atoms with van der Waals surface area (Å²) in [7, 11) is 0. The molecule has 0 aliphatic carbocycles. The molecule has 2 heteroatoms.